The highest BCUT2D eigenvalue weighted by Gasteiger charge is 2.09. The van der Waals surface area contributed by atoms with Crippen molar-refractivity contribution in [2.24, 2.45) is 0 Å². The largest absolute Gasteiger partial charge is 0.289 e. The summed E-state index contributed by atoms with van der Waals surface area (Å²) in [4.78, 5) is 41.5. The van der Waals surface area contributed by atoms with E-state index in [0.717, 1.165) is 0 Å². The predicted molar refractivity (Wildman–Crippen MR) is 81.5 cm³/mol. The van der Waals surface area contributed by atoms with Crippen LogP contribution in [0.2, 0.25) is 0 Å². The van der Waals surface area contributed by atoms with Crippen molar-refractivity contribution in [3.63, 3.8) is 0 Å². The molecule has 2 N–H and O–H groups in total. The van der Waals surface area contributed by atoms with Gasteiger partial charge in [0.05, 0.1) is 16.9 Å². The molecule has 23 heavy (non-hydrogen) atoms. The number of thioether (sulfide) groups is 1. The molecule has 0 spiro atoms. The quantitative estimate of drug-likeness (QED) is 0.473. The highest BCUT2D eigenvalue weighted by Crippen LogP contribution is 2.20. The zero-order chi connectivity index (χ0) is 16.7. The molecular formula is C13H11N5O4S. The molecule has 0 aliphatic rings. The molecule has 2 aromatic rings. The Bertz CT molecular complexity index is 708. The topological polar surface area (TPSA) is 127 Å². The number of amides is 2. The molecule has 10 heteroatoms. The number of carbonyl (C=O) groups is 2. The van der Waals surface area contributed by atoms with Crippen molar-refractivity contribution in [3.8, 4) is 0 Å². The monoisotopic (exact) mass is 333 g/mol. The fourth-order valence-corrected chi connectivity index (χ4v) is 2.15. The first-order chi connectivity index (χ1) is 11.1. The van der Waals surface area contributed by atoms with Crippen molar-refractivity contribution in [2.45, 2.75) is 4.90 Å². The minimum absolute atomic E-state index is 0.0185. The zero-order valence-corrected chi connectivity index (χ0v) is 12.4. The van der Waals surface area contributed by atoms with Gasteiger partial charge in [0.1, 0.15) is 5.69 Å². The third-order valence-corrected chi connectivity index (χ3v) is 3.54. The third kappa shape index (κ3) is 5.04. The van der Waals surface area contributed by atoms with Crippen molar-refractivity contribution >= 4 is 29.3 Å². The van der Waals surface area contributed by atoms with Crippen molar-refractivity contribution in [1.82, 2.24) is 20.8 Å². The van der Waals surface area contributed by atoms with Gasteiger partial charge in [0.2, 0.25) is 5.91 Å². The van der Waals surface area contributed by atoms with Gasteiger partial charge in [-0.05, 0) is 12.1 Å². The van der Waals surface area contributed by atoms with Crippen LogP contribution in [-0.2, 0) is 4.79 Å². The van der Waals surface area contributed by atoms with E-state index in [4.69, 9.17) is 0 Å². The molecule has 0 saturated heterocycles. The zero-order valence-electron chi connectivity index (χ0n) is 11.6. The van der Waals surface area contributed by atoms with Gasteiger partial charge in [-0.15, -0.1) is 11.8 Å². The average Bonchev–Trinajstić information content (AvgIpc) is 2.59. The predicted octanol–water partition coefficient (Wildman–Crippen LogP) is 0.938. The molecule has 118 valence electrons. The number of nitro benzene ring substituents is 1. The second-order valence-electron chi connectivity index (χ2n) is 4.13. The molecule has 0 aliphatic heterocycles. The Morgan fingerprint density at radius 1 is 1.17 bits per heavy atom. The molecule has 0 fully saturated rings. The lowest BCUT2D eigenvalue weighted by Gasteiger charge is -2.06. The van der Waals surface area contributed by atoms with Gasteiger partial charge in [0.15, 0.2) is 0 Å². The highest BCUT2D eigenvalue weighted by molar-refractivity contribution is 8.00. The van der Waals surface area contributed by atoms with E-state index < -0.39 is 16.7 Å². The van der Waals surface area contributed by atoms with Crippen LogP contribution >= 0.6 is 11.8 Å². The SMILES string of the molecule is O=C(CSc1ccc([N+](=O)[O-])cc1)NNC(=O)c1cnccn1. The minimum Gasteiger partial charge on any atom is -0.272 e. The van der Waals surface area contributed by atoms with Gasteiger partial charge in [0.25, 0.3) is 11.6 Å². The number of benzene rings is 1. The number of hydrogen-bond acceptors (Lipinski definition) is 7. The molecule has 9 nitrogen and oxygen atoms in total. The van der Waals surface area contributed by atoms with Gasteiger partial charge in [-0.3, -0.25) is 35.5 Å². The van der Waals surface area contributed by atoms with E-state index in [9.17, 15) is 19.7 Å². The average molecular weight is 333 g/mol. The Balaban J connectivity index is 1.77. The first-order valence-electron chi connectivity index (χ1n) is 6.28. The molecule has 0 unspecified atom stereocenters. The fraction of sp³-hybridized carbons (Fsp3) is 0.0769. The summed E-state index contributed by atoms with van der Waals surface area (Å²) in [5.74, 6) is -0.962. The van der Waals surface area contributed by atoms with Crippen molar-refractivity contribution in [3.05, 3.63) is 58.7 Å². The first kappa shape index (κ1) is 16.4. The standard InChI is InChI=1S/C13H11N5O4S/c19-12(16-17-13(20)11-7-14-5-6-15-11)8-23-10-3-1-9(2-4-10)18(21)22/h1-7H,8H2,(H,16,19)(H,17,20). The Labute approximate surface area is 134 Å². The summed E-state index contributed by atoms with van der Waals surface area (Å²) in [7, 11) is 0. The van der Waals surface area contributed by atoms with Crippen molar-refractivity contribution < 1.29 is 14.5 Å². The number of aromatic nitrogens is 2. The maximum absolute atomic E-state index is 11.6. The van der Waals surface area contributed by atoms with E-state index in [-0.39, 0.29) is 17.1 Å². The number of carbonyl (C=O) groups excluding carboxylic acids is 2. The molecule has 1 aromatic heterocycles. The molecule has 1 aromatic carbocycles. The van der Waals surface area contributed by atoms with E-state index in [1.165, 1.54) is 42.5 Å². The highest BCUT2D eigenvalue weighted by atomic mass is 32.2. The number of nitrogens with zero attached hydrogens (tertiary/aromatic N) is 3. The molecule has 0 saturated carbocycles. The van der Waals surface area contributed by atoms with E-state index in [1.807, 2.05) is 0 Å². The Morgan fingerprint density at radius 2 is 1.91 bits per heavy atom. The van der Waals surface area contributed by atoms with Crippen LogP contribution in [0.3, 0.4) is 0 Å². The van der Waals surface area contributed by atoms with Crippen LogP contribution in [0.1, 0.15) is 10.5 Å². The summed E-state index contributed by atoms with van der Waals surface area (Å²) >= 11 is 1.18. The van der Waals surface area contributed by atoms with Crippen LogP contribution < -0.4 is 10.9 Å². The van der Waals surface area contributed by atoms with E-state index in [0.29, 0.717) is 4.90 Å². The van der Waals surface area contributed by atoms with E-state index in [1.54, 1.807) is 12.1 Å². The van der Waals surface area contributed by atoms with Gasteiger partial charge in [-0.25, -0.2) is 4.98 Å². The number of hydrogen-bond donors (Lipinski definition) is 2. The lowest BCUT2D eigenvalue weighted by atomic mass is 10.3. The number of nitro groups is 1. The summed E-state index contributed by atoms with van der Waals surface area (Å²) < 4.78 is 0. The van der Waals surface area contributed by atoms with Gasteiger partial charge < -0.3 is 0 Å². The lowest BCUT2D eigenvalue weighted by Crippen LogP contribution is -2.42. The molecule has 0 bridgehead atoms. The number of rotatable bonds is 5. The summed E-state index contributed by atoms with van der Waals surface area (Å²) in [6.07, 6.45) is 4.06. The van der Waals surface area contributed by atoms with Crippen molar-refractivity contribution in [2.75, 3.05) is 5.75 Å². The van der Waals surface area contributed by atoms with Gasteiger partial charge in [0, 0.05) is 29.4 Å². The lowest BCUT2D eigenvalue weighted by molar-refractivity contribution is -0.384. The van der Waals surface area contributed by atoms with Crippen LogP contribution in [0.5, 0.6) is 0 Å². The van der Waals surface area contributed by atoms with Gasteiger partial charge in [-0.2, -0.15) is 0 Å². The second kappa shape index (κ2) is 7.84. The van der Waals surface area contributed by atoms with Crippen LogP contribution in [0.15, 0.2) is 47.8 Å². The number of hydrazine groups is 1. The summed E-state index contributed by atoms with van der Waals surface area (Å²) in [5.41, 5.74) is 4.52. The molecule has 2 rings (SSSR count). The maximum Gasteiger partial charge on any atom is 0.289 e. The van der Waals surface area contributed by atoms with Crippen molar-refractivity contribution in [1.29, 1.82) is 0 Å². The fourth-order valence-electron chi connectivity index (χ4n) is 1.46. The molecule has 2 amide bonds. The van der Waals surface area contributed by atoms with Crippen LogP contribution in [0.25, 0.3) is 0 Å². The molecule has 0 atom stereocenters. The summed E-state index contributed by atoms with van der Waals surface area (Å²) in [6, 6.07) is 5.81. The molecule has 0 aliphatic carbocycles. The van der Waals surface area contributed by atoms with Gasteiger partial charge in [-0.1, -0.05) is 0 Å². The van der Waals surface area contributed by atoms with E-state index in [2.05, 4.69) is 20.8 Å². The normalized spacial score (nSPS) is 9.91. The van der Waals surface area contributed by atoms with E-state index >= 15 is 0 Å². The Kier molecular flexibility index (Phi) is 5.58. The minimum atomic E-state index is -0.577. The van der Waals surface area contributed by atoms with Gasteiger partial charge >= 0.3 is 0 Å². The van der Waals surface area contributed by atoms with Crippen LogP contribution in [-0.4, -0.2) is 32.5 Å². The van der Waals surface area contributed by atoms with Crippen LogP contribution in [0.4, 0.5) is 5.69 Å². The molecule has 0 radical (unpaired) electrons. The Morgan fingerprint density at radius 3 is 2.52 bits per heavy atom. The first-order valence-corrected chi connectivity index (χ1v) is 7.27. The molecule has 1 heterocycles. The smallest absolute Gasteiger partial charge is 0.272 e. The van der Waals surface area contributed by atoms with Crippen LogP contribution in [0, 0.1) is 10.1 Å². The summed E-state index contributed by atoms with van der Waals surface area (Å²) in [6.45, 7) is 0. The maximum atomic E-state index is 11.6. The number of nitrogens with one attached hydrogen (secondary N) is 2. The molecular weight excluding hydrogens is 322 g/mol. The Hall–Kier alpha value is -3.01. The number of non-ortho nitro benzene ring substituents is 1. The second-order valence-corrected chi connectivity index (χ2v) is 5.18. The summed E-state index contributed by atoms with van der Waals surface area (Å²) in [5, 5.41) is 10.5. The third-order valence-electron chi connectivity index (χ3n) is 2.53.